The van der Waals surface area contributed by atoms with Gasteiger partial charge >= 0.3 is 0 Å². The van der Waals surface area contributed by atoms with Crippen molar-refractivity contribution in [2.24, 2.45) is 0 Å². The molecule has 0 saturated heterocycles. The molecule has 0 aliphatic rings. The quantitative estimate of drug-likeness (QED) is 0.551. The number of fused-ring (bicyclic) bond motifs is 1. The van der Waals surface area contributed by atoms with E-state index < -0.39 is 21.7 Å². The van der Waals surface area contributed by atoms with E-state index in [1.54, 1.807) is 0 Å². The number of H-pyrrole nitrogens is 1. The number of benzene rings is 1. The molecule has 0 radical (unpaired) electrons. The monoisotopic (exact) mass is 234 g/mol. The number of aromatic amines is 1. The van der Waals surface area contributed by atoms with Crippen LogP contribution in [0.5, 0.6) is 5.75 Å². The van der Waals surface area contributed by atoms with E-state index in [1.165, 1.54) is 6.07 Å². The molecule has 1 aromatic heterocycles. The van der Waals surface area contributed by atoms with Crippen LogP contribution in [0.4, 0.5) is 5.69 Å². The molecule has 1 aromatic carbocycles. The molecule has 0 unspecified atom stereocenters. The van der Waals surface area contributed by atoms with E-state index in [9.17, 15) is 24.8 Å². The summed E-state index contributed by atoms with van der Waals surface area (Å²) in [6.07, 6.45) is 0. The third kappa shape index (κ3) is 1.85. The highest BCUT2D eigenvalue weighted by Crippen LogP contribution is 2.15. The molecule has 0 fully saturated rings. The molecule has 0 bridgehead atoms. The predicted molar refractivity (Wildman–Crippen MR) is 59.2 cm³/mol. The maximum absolute atomic E-state index is 11.5. The first-order chi connectivity index (χ1) is 7.99. The topological polar surface area (TPSA) is 113 Å². The lowest BCUT2D eigenvalue weighted by atomic mass is 10.2. The molecular formula is C10H6N2O5. The van der Waals surface area contributed by atoms with Gasteiger partial charge in [0.2, 0.25) is 0 Å². The van der Waals surface area contributed by atoms with Crippen molar-refractivity contribution in [2.45, 2.75) is 0 Å². The number of nitrogens with one attached hydrogen (secondary N) is 1. The van der Waals surface area contributed by atoms with Gasteiger partial charge in [0.25, 0.3) is 11.2 Å². The first kappa shape index (κ1) is 10.8. The summed E-state index contributed by atoms with van der Waals surface area (Å²) < 4.78 is 0. The fourth-order valence-corrected chi connectivity index (χ4v) is 1.42. The molecule has 17 heavy (non-hydrogen) atoms. The first-order valence-corrected chi connectivity index (χ1v) is 4.54. The molecule has 7 nitrogen and oxygen atoms in total. The highest BCUT2D eigenvalue weighted by atomic mass is 16.6. The van der Waals surface area contributed by atoms with Gasteiger partial charge in [0, 0.05) is 23.6 Å². The van der Waals surface area contributed by atoms with Crippen LogP contribution in [0.25, 0.3) is 10.9 Å². The predicted octanol–water partition coefficient (Wildman–Crippen LogP) is 0.502. The van der Waals surface area contributed by atoms with Crippen molar-refractivity contribution in [1.82, 2.24) is 4.98 Å². The molecule has 0 saturated carbocycles. The second-order valence-electron chi connectivity index (χ2n) is 3.33. The SMILES string of the molecule is O=c1[nH]c2cc([N+](=O)[O-])ccc2c(=O)cc1O. The summed E-state index contributed by atoms with van der Waals surface area (Å²) in [4.78, 5) is 34.9. The van der Waals surface area contributed by atoms with Crippen molar-refractivity contribution >= 4 is 16.6 Å². The molecular weight excluding hydrogens is 228 g/mol. The zero-order valence-electron chi connectivity index (χ0n) is 8.34. The van der Waals surface area contributed by atoms with Crippen LogP contribution in [0.3, 0.4) is 0 Å². The van der Waals surface area contributed by atoms with Gasteiger partial charge in [-0.1, -0.05) is 0 Å². The molecule has 0 aliphatic heterocycles. The zero-order chi connectivity index (χ0) is 12.6. The molecule has 2 aromatic rings. The Balaban J connectivity index is 2.98. The summed E-state index contributed by atoms with van der Waals surface area (Å²) in [5.74, 6) is -0.728. The third-order valence-corrected chi connectivity index (χ3v) is 2.23. The van der Waals surface area contributed by atoms with Gasteiger partial charge in [-0.2, -0.15) is 0 Å². The largest absolute Gasteiger partial charge is 0.503 e. The van der Waals surface area contributed by atoms with Crippen LogP contribution in [-0.4, -0.2) is 15.0 Å². The Bertz CT molecular complexity index is 735. The van der Waals surface area contributed by atoms with Crippen molar-refractivity contribution in [3.05, 3.63) is 55.0 Å². The van der Waals surface area contributed by atoms with Crippen molar-refractivity contribution in [3.63, 3.8) is 0 Å². The van der Waals surface area contributed by atoms with E-state index in [-0.39, 0.29) is 16.6 Å². The lowest BCUT2D eigenvalue weighted by Gasteiger charge is -1.92. The Morgan fingerprint density at radius 1 is 1.24 bits per heavy atom. The minimum atomic E-state index is -0.877. The van der Waals surface area contributed by atoms with Gasteiger partial charge in [-0.15, -0.1) is 0 Å². The van der Waals surface area contributed by atoms with Gasteiger partial charge in [-0.3, -0.25) is 19.7 Å². The lowest BCUT2D eigenvalue weighted by Crippen LogP contribution is -2.00. The Hall–Kier alpha value is -2.70. The van der Waals surface area contributed by atoms with Crippen molar-refractivity contribution in [3.8, 4) is 5.75 Å². The van der Waals surface area contributed by atoms with Crippen LogP contribution >= 0.6 is 0 Å². The van der Waals surface area contributed by atoms with E-state index in [0.717, 1.165) is 18.2 Å². The molecule has 7 heteroatoms. The van der Waals surface area contributed by atoms with Crippen LogP contribution in [0.15, 0.2) is 33.9 Å². The summed E-state index contributed by atoms with van der Waals surface area (Å²) in [6.45, 7) is 0. The van der Waals surface area contributed by atoms with E-state index in [1.807, 2.05) is 0 Å². The molecule has 0 amide bonds. The van der Waals surface area contributed by atoms with Gasteiger partial charge in [0.1, 0.15) is 0 Å². The van der Waals surface area contributed by atoms with Crippen molar-refractivity contribution in [1.29, 1.82) is 0 Å². The van der Waals surface area contributed by atoms with Gasteiger partial charge in [-0.05, 0) is 6.07 Å². The molecule has 0 spiro atoms. The van der Waals surface area contributed by atoms with Crippen molar-refractivity contribution in [2.75, 3.05) is 0 Å². The number of rotatable bonds is 1. The maximum atomic E-state index is 11.5. The fraction of sp³-hybridized carbons (Fsp3) is 0. The van der Waals surface area contributed by atoms with Crippen LogP contribution in [0.2, 0.25) is 0 Å². The Morgan fingerprint density at radius 3 is 2.59 bits per heavy atom. The van der Waals surface area contributed by atoms with Gasteiger partial charge in [0.15, 0.2) is 11.2 Å². The number of nitrogens with zero attached hydrogens (tertiary/aromatic N) is 1. The number of non-ortho nitro benzene ring substituents is 1. The Morgan fingerprint density at radius 2 is 1.94 bits per heavy atom. The summed E-state index contributed by atoms with van der Waals surface area (Å²) in [6, 6.07) is 4.22. The summed E-state index contributed by atoms with van der Waals surface area (Å²) in [7, 11) is 0. The number of hydrogen-bond donors (Lipinski definition) is 2. The lowest BCUT2D eigenvalue weighted by molar-refractivity contribution is -0.384. The number of aromatic nitrogens is 1. The molecule has 1 heterocycles. The molecule has 2 N–H and O–H groups in total. The summed E-state index contributed by atoms with van der Waals surface area (Å²) in [5, 5.41) is 19.8. The highest BCUT2D eigenvalue weighted by Gasteiger charge is 2.08. The molecule has 86 valence electrons. The van der Waals surface area contributed by atoms with Crippen LogP contribution in [0, 0.1) is 10.1 Å². The summed E-state index contributed by atoms with van der Waals surface area (Å²) in [5.41, 5.74) is -1.71. The summed E-state index contributed by atoms with van der Waals surface area (Å²) >= 11 is 0. The minimum Gasteiger partial charge on any atom is -0.503 e. The third-order valence-electron chi connectivity index (χ3n) is 2.23. The number of hydrogen-bond acceptors (Lipinski definition) is 5. The minimum absolute atomic E-state index is 0.00880. The van der Waals surface area contributed by atoms with Crippen LogP contribution in [0.1, 0.15) is 0 Å². The van der Waals surface area contributed by atoms with E-state index >= 15 is 0 Å². The normalized spacial score (nSPS) is 10.4. The Labute approximate surface area is 93.1 Å². The van der Waals surface area contributed by atoms with Gasteiger partial charge in [-0.25, -0.2) is 0 Å². The molecule has 2 rings (SSSR count). The highest BCUT2D eigenvalue weighted by molar-refractivity contribution is 5.80. The molecule has 0 aliphatic carbocycles. The zero-order valence-corrected chi connectivity index (χ0v) is 8.34. The first-order valence-electron chi connectivity index (χ1n) is 4.54. The number of nitro benzene ring substituents is 1. The number of nitro groups is 1. The van der Waals surface area contributed by atoms with E-state index in [2.05, 4.69) is 4.98 Å². The average molecular weight is 234 g/mol. The second kappa shape index (κ2) is 3.71. The van der Waals surface area contributed by atoms with E-state index in [4.69, 9.17) is 0 Å². The number of aromatic hydroxyl groups is 1. The van der Waals surface area contributed by atoms with Crippen molar-refractivity contribution < 1.29 is 10.0 Å². The van der Waals surface area contributed by atoms with E-state index in [0.29, 0.717) is 0 Å². The fourth-order valence-electron chi connectivity index (χ4n) is 1.42. The second-order valence-corrected chi connectivity index (χ2v) is 3.33. The van der Waals surface area contributed by atoms with Crippen LogP contribution < -0.4 is 11.0 Å². The van der Waals surface area contributed by atoms with Crippen LogP contribution in [-0.2, 0) is 0 Å². The Kier molecular flexibility index (Phi) is 2.36. The standard InChI is InChI=1S/C10H6N2O5/c13-8-4-9(14)10(15)11-7-3-5(12(16)17)1-2-6(7)8/h1-4,14H,(H,11,15). The molecule has 0 atom stereocenters. The smallest absolute Gasteiger partial charge is 0.290 e. The average Bonchev–Trinajstić information content (AvgIpc) is 2.37. The maximum Gasteiger partial charge on any atom is 0.290 e. The van der Waals surface area contributed by atoms with Gasteiger partial charge < -0.3 is 10.1 Å². The van der Waals surface area contributed by atoms with Gasteiger partial charge in [0.05, 0.1) is 10.4 Å².